The van der Waals surface area contributed by atoms with Gasteiger partial charge in [-0.1, -0.05) is 0 Å². The molecule has 0 spiro atoms. The number of aromatic hydroxyl groups is 1. The van der Waals surface area contributed by atoms with Crippen molar-refractivity contribution in [3.63, 3.8) is 0 Å². The molecule has 0 bridgehead atoms. The lowest BCUT2D eigenvalue weighted by Crippen LogP contribution is -1.85. The first kappa shape index (κ1) is 9.79. The number of rotatable bonds is 2. The van der Waals surface area contributed by atoms with Gasteiger partial charge in [-0.2, -0.15) is 0 Å². The predicted octanol–water partition coefficient (Wildman–Crippen LogP) is 2.11. The molecule has 0 atom stereocenters. The lowest BCUT2D eigenvalue weighted by atomic mass is 10.1. The van der Waals surface area contributed by atoms with Crippen LogP contribution in [0.1, 0.15) is 0 Å². The summed E-state index contributed by atoms with van der Waals surface area (Å²) in [6, 6.07) is 5.07. The minimum absolute atomic E-state index is 0.139. The molecule has 1 aromatic carbocycles. The van der Waals surface area contributed by atoms with Crippen LogP contribution in [0.4, 0.5) is 5.13 Å². The van der Waals surface area contributed by atoms with Crippen molar-refractivity contribution in [3.05, 3.63) is 23.6 Å². The van der Waals surface area contributed by atoms with Crippen molar-refractivity contribution >= 4 is 16.5 Å². The summed E-state index contributed by atoms with van der Waals surface area (Å²) in [5.41, 5.74) is 6.86. The van der Waals surface area contributed by atoms with Crippen LogP contribution in [-0.2, 0) is 0 Å². The molecule has 1 heterocycles. The third-order valence-electron chi connectivity index (χ3n) is 2.00. The highest BCUT2D eigenvalue weighted by atomic mass is 32.1. The van der Waals surface area contributed by atoms with E-state index in [9.17, 15) is 5.11 Å². The van der Waals surface area contributed by atoms with E-state index in [4.69, 9.17) is 10.5 Å². The number of anilines is 1. The largest absolute Gasteiger partial charge is 0.507 e. The molecule has 3 N–H and O–H groups in total. The van der Waals surface area contributed by atoms with E-state index in [0.29, 0.717) is 22.1 Å². The molecule has 4 nitrogen and oxygen atoms in total. The Morgan fingerprint density at radius 3 is 2.80 bits per heavy atom. The van der Waals surface area contributed by atoms with Gasteiger partial charge in [0, 0.05) is 17.0 Å². The van der Waals surface area contributed by atoms with Crippen molar-refractivity contribution in [3.8, 4) is 22.8 Å². The molecule has 0 aliphatic heterocycles. The summed E-state index contributed by atoms with van der Waals surface area (Å²) in [6.45, 7) is 0. The smallest absolute Gasteiger partial charge is 0.180 e. The van der Waals surface area contributed by atoms with Crippen LogP contribution in [0.5, 0.6) is 11.5 Å². The van der Waals surface area contributed by atoms with E-state index in [2.05, 4.69) is 4.98 Å². The number of methoxy groups -OCH3 is 1. The molecule has 0 unspecified atom stereocenters. The molecule has 0 saturated heterocycles. The monoisotopic (exact) mass is 222 g/mol. The van der Waals surface area contributed by atoms with Crippen molar-refractivity contribution in [1.29, 1.82) is 0 Å². The highest BCUT2D eigenvalue weighted by Crippen LogP contribution is 2.33. The van der Waals surface area contributed by atoms with Crippen molar-refractivity contribution in [2.45, 2.75) is 0 Å². The van der Waals surface area contributed by atoms with Gasteiger partial charge < -0.3 is 15.6 Å². The molecule has 0 amide bonds. The van der Waals surface area contributed by atoms with Gasteiger partial charge in [-0.25, -0.2) is 4.98 Å². The van der Waals surface area contributed by atoms with Gasteiger partial charge >= 0.3 is 0 Å². The third-order valence-corrected chi connectivity index (χ3v) is 2.68. The Kier molecular flexibility index (Phi) is 2.47. The summed E-state index contributed by atoms with van der Waals surface area (Å²) < 4.78 is 4.99. The molecule has 0 saturated carbocycles. The zero-order valence-corrected chi connectivity index (χ0v) is 8.91. The number of benzene rings is 1. The van der Waals surface area contributed by atoms with Crippen LogP contribution in [0.25, 0.3) is 11.3 Å². The molecule has 0 radical (unpaired) electrons. The summed E-state index contributed by atoms with van der Waals surface area (Å²) in [4.78, 5) is 4.09. The Bertz CT molecular complexity index is 482. The molecule has 2 aromatic rings. The van der Waals surface area contributed by atoms with Crippen molar-refractivity contribution < 1.29 is 9.84 Å². The number of nitrogen functional groups attached to an aromatic ring is 1. The van der Waals surface area contributed by atoms with Crippen molar-refractivity contribution in [2.75, 3.05) is 12.8 Å². The van der Waals surface area contributed by atoms with E-state index in [1.54, 1.807) is 30.7 Å². The fourth-order valence-electron chi connectivity index (χ4n) is 1.27. The Labute approximate surface area is 91.0 Å². The van der Waals surface area contributed by atoms with Gasteiger partial charge in [0.1, 0.15) is 11.5 Å². The number of ether oxygens (including phenoxy) is 1. The Morgan fingerprint density at radius 1 is 1.47 bits per heavy atom. The van der Waals surface area contributed by atoms with E-state index >= 15 is 0 Å². The average Bonchev–Trinajstić information content (AvgIpc) is 2.64. The van der Waals surface area contributed by atoms with Gasteiger partial charge in [-0.05, 0) is 12.1 Å². The molecular formula is C10H10N2O2S. The van der Waals surface area contributed by atoms with Gasteiger partial charge in [0.2, 0.25) is 0 Å². The first-order chi connectivity index (χ1) is 7.20. The number of nitrogens with two attached hydrogens (primary N) is 1. The fourth-order valence-corrected chi connectivity index (χ4v) is 1.83. The molecule has 78 valence electrons. The van der Waals surface area contributed by atoms with Gasteiger partial charge in [-0.3, -0.25) is 0 Å². The average molecular weight is 222 g/mol. The standard InChI is InChI=1S/C10H10N2O2S/c1-14-6-2-3-7(9(13)4-6)8-5-15-10(11)12-8/h2-5,13H,1H3,(H2,11,12). The van der Waals surface area contributed by atoms with Crippen molar-refractivity contribution in [1.82, 2.24) is 4.98 Å². The van der Waals surface area contributed by atoms with Crippen LogP contribution in [0, 0.1) is 0 Å². The maximum atomic E-state index is 9.73. The topological polar surface area (TPSA) is 68.4 Å². The SMILES string of the molecule is COc1ccc(-c2csc(N)n2)c(O)c1. The number of aromatic nitrogens is 1. The Balaban J connectivity index is 2.45. The Hall–Kier alpha value is -1.75. The van der Waals surface area contributed by atoms with E-state index in [1.165, 1.54) is 11.3 Å². The highest BCUT2D eigenvalue weighted by Gasteiger charge is 2.08. The molecule has 5 heteroatoms. The molecule has 1 aromatic heterocycles. The maximum Gasteiger partial charge on any atom is 0.180 e. The van der Waals surface area contributed by atoms with E-state index in [1.807, 2.05) is 0 Å². The summed E-state index contributed by atoms with van der Waals surface area (Å²) in [5.74, 6) is 0.749. The second-order valence-electron chi connectivity index (χ2n) is 2.95. The first-order valence-electron chi connectivity index (χ1n) is 4.29. The molecule has 2 rings (SSSR count). The van der Waals surface area contributed by atoms with Gasteiger partial charge in [-0.15, -0.1) is 11.3 Å². The fraction of sp³-hybridized carbons (Fsp3) is 0.100. The second-order valence-corrected chi connectivity index (χ2v) is 3.84. The number of thiazole rings is 1. The summed E-state index contributed by atoms with van der Waals surface area (Å²) in [5, 5.41) is 12.0. The number of hydrogen-bond donors (Lipinski definition) is 2. The normalized spacial score (nSPS) is 10.2. The molecule has 0 fully saturated rings. The van der Waals surface area contributed by atoms with Gasteiger partial charge in [0.15, 0.2) is 5.13 Å². The summed E-state index contributed by atoms with van der Waals surface area (Å²) in [7, 11) is 1.55. The molecule has 0 aliphatic carbocycles. The predicted molar refractivity (Wildman–Crippen MR) is 60.2 cm³/mol. The number of phenols is 1. The minimum atomic E-state index is 0.139. The van der Waals surface area contributed by atoms with Crippen molar-refractivity contribution in [2.24, 2.45) is 0 Å². The maximum absolute atomic E-state index is 9.73. The summed E-state index contributed by atoms with van der Waals surface area (Å²) >= 11 is 1.34. The van der Waals surface area contributed by atoms with Crippen LogP contribution in [-0.4, -0.2) is 17.2 Å². The van der Waals surface area contributed by atoms with E-state index in [0.717, 1.165) is 0 Å². The van der Waals surface area contributed by atoms with E-state index < -0.39 is 0 Å². The number of phenolic OH excluding ortho intramolecular Hbond substituents is 1. The van der Waals surface area contributed by atoms with Crippen LogP contribution < -0.4 is 10.5 Å². The van der Waals surface area contributed by atoms with Crippen LogP contribution in [0.15, 0.2) is 23.6 Å². The zero-order valence-electron chi connectivity index (χ0n) is 8.10. The van der Waals surface area contributed by atoms with Crippen LogP contribution in [0.2, 0.25) is 0 Å². The quantitative estimate of drug-likeness (QED) is 0.816. The first-order valence-corrected chi connectivity index (χ1v) is 5.17. The van der Waals surface area contributed by atoms with E-state index in [-0.39, 0.29) is 5.75 Å². The molecule has 15 heavy (non-hydrogen) atoms. The Morgan fingerprint density at radius 2 is 2.27 bits per heavy atom. The van der Waals surface area contributed by atoms with Gasteiger partial charge in [0.05, 0.1) is 12.8 Å². The zero-order chi connectivity index (χ0) is 10.8. The van der Waals surface area contributed by atoms with Gasteiger partial charge in [0.25, 0.3) is 0 Å². The molecular weight excluding hydrogens is 212 g/mol. The number of hydrogen-bond acceptors (Lipinski definition) is 5. The minimum Gasteiger partial charge on any atom is -0.507 e. The van der Waals surface area contributed by atoms with Crippen LogP contribution >= 0.6 is 11.3 Å². The number of nitrogens with zero attached hydrogens (tertiary/aromatic N) is 1. The highest BCUT2D eigenvalue weighted by molar-refractivity contribution is 7.13. The lowest BCUT2D eigenvalue weighted by molar-refractivity contribution is 0.408. The third kappa shape index (κ3) is 1.87. The van der Waals surface area contributed by atoms with Crippen LogP contribution in [0.3, 0.4) is 0 Å². The molecule has 0 aliphatic rings. The summed E-state index contributed by atoms with van der Waals surface area (Å²) in [6.07, 6.45) is 0. The lowest BCUT2D eigenvalue weighted by Gasteiger charge is -2.04. The second kappa shape index (κ2) is 3.78.